The molecular weight excluding hydrogens is 258 g/mol. The van der Waals surface area contributed by atoms with E-state index in [0.717, 1.165) is 11.7 Å². The molecule has 1 saturated heterocycles. The molecule has 2 aromatic rings. The fraction of sp³-hybridized carbons (Fsp3) is 0.214. The average molecular weight is 269 g/mol. The third-order valence-corrected chi connectivity index (χ3v) is 3.31. The molecule has 6 heteroatoms. The molecule has 1 fully saturated rings. The maximum absolute atomic E-state index is 11.8. The van der Waals surface area contributed by atoms with Gasteiger partial charge in [0.25, 0.3) is 0 Å². The highest BCUT2D eigenvalue weighted by Crippen LogP contribution is 2.23. The lowest BCUT2D eigenvalue weighted by Gasteiger charge is -2.19. The van der Waals surface area contributed by atoms with Gasteiger partial charge in [0, 0.05) is 23.6 Å². The summed E-state index contributed by atoms with van der Waals surface area (Å²) in [4.78, 5) is 42.2. The summed E-state index contributed by atoms with van der Waals surface area (Å²) >= 11 is 0. The normalized spacial score (nSPS) is 18.9. The van der Waals surface area contributed by atoms with Gasteiger partial charge >= 0.3 is 0 Å². The van der Waals surface area contributed by atoms with E-state index in [-0.39, 0.29) is 11.8 Å². The Bertz CT molecular complexity index is 727. The van der Waals surface area contributed by atoms with Crippen molar-refractivity contribution in [1.82, 2.24) is 15.3 Å². The van der Waals surface area contributed by atoms with Gasteiger partial charge in [0.15, 0.2) is 0 Å². The zero-order chi connectivity index (χ0) is 14.1. The second-order valence-electron chi connectivity index (χ2n) is 4.67. The van der Waals surface area contributed by atoms with Crippen LogP contribution in [0.15, 0.2) is 24.4 Å². The zero-order valence-electron chi connectivity index (χ0n) is 10.5. The summed E-state index contributed by atoms with van der Waals surface area (Å²) in [5.41, 5.74) is 1.22. The van der Waals surface area contributed by atoms with Gasteiger partial charge in [-0.2, -0.15) is 0 Å². The van der Waals surface area contributed by atoms with E-state index in [2.05, 4.69) is 15.3 Å². The Labute approximate surface area is 114 Å². The first-order chi connectivity index (χ1) is 9.67. The highest BCUT2D eigenvalue weighted by Gasteiger charge is 2.30. The summed E-state index contributed by atoms with van der Waals surface area (Å²) in [5, 5.41) is 3.03. The minimum atomic E-state index is -0.497. The van der Waals surface area contributed by atoms with Crippen LogP contribution in [0.5, 0.6) is 0 Å². The van der Waals surface area contributed by atoms with Gasteiger partial charge in [-0.25, -0.2) is 9.97 Å². The number of amides is 2. The van der Waals surface area contributed by atoms with Crippen molar-refractivity contribution in [3.8, 4) is 0 Å². The molecule has 1 aliphatic heterocycles. The lowest BCUT2D eigenvalue weighted by Crippen LogP contribution is -2.40. The van der Waals surface area contributed by atoms with Crippen molar-refractivity contribution >= 4 is 29.0 Å². The number of nitrogens with zero attached hydrogens (tertiary/aromatic N) is 2. The van der Waals surface area contributed by atoms with Gasteiger partial charge in [-0.3, -0.25) is 19.7 Å². The minimum absolute atomic E-state index is 0.261. The van der Waals surface area contributed by atoms with Crippen LogP contribution in [0.1, 0.15) is 34.9 Å². The SMILES string of the molecule is O=Cc1ccc2nc(C3CCC(=O)NC3=O)ncc2c1. The van der Waals surface area contributed by atoms with Gasteiger partial charge in [-0.05, 0) is 24.6 Å². The number of rotatable bonds is 2. The first-order valence-corrected chi connectivity index (χ1v) is 6.23. The third kappa shape index (κ3) is 2.16. The Hall–Kier alpha value is -2.63. The molecule has 20 heavy (non-hydrogen) atoms. The van der Waals surface area contributed by atoms with Gasteiger partial charge in [0.2, 0.25) is 11.8 Å². The Morgan fingerprint density at radius 3 is 2.90 bits per heavy atom. The zero-order valence-corrected chi connectivity index (χ0v) is 10.5. The van der Waals surface area contributed by atoms with Crippen LogP contribution in [0, 0.1) is 0 Å². The summed E-state index contributed by atoms with van der Waals surface area (Å²) in [5.74, 6) is -0.711. The quantitative estimate of drug-likeness (QED) is 0.648. The monoisotopic (exact) mass is 269 g/mol. The predicted molar refractivity (Wildman–Crippen MR) is 70.1 cm³/mol. The summed E-state index contributed by atoms with van der Waals surface area (Å²) in [6.45, 7) is 0. The van der Waals surface area contributed by atoms with Crippen molar-refractivity contribution in [3.63, 3.8) is 0 Å². The Morgan fingerprint density at radius 1 is 1.30 bits per heavy atom. The van der Waals surface area contributed by atoms with Gasteiger partial charge in [-0.15, -0.1) is 0 Å². The molecule has 1 aromatic carbocycles. The molecule has 1 atom stereocenters. The molecule has 0 saturated carbocycles. The number of hydrogen-bond donors (Lipinski definition) is 1. The average Bonchev–Trinajstić information content (AvgIpc) is 2.46. The molecular formula is C14H11N3O3. The molecule has 0 radical (unpaired) electrons. The van der Waals surface area contributed by atoms with Crippen molar-refractivity contribution in [2.24, 2.45) is 0 Å². The van der Waals surface area contributed by atoms with Crippen LogP contribution in [0.3, 0.4) is 0 Å². The van der Waals surface area contributed by atoms with Crippen molar-refractivity contribution in [3.05, 3.63) is 35.8 Å². The van der Waals surface area contributed by atoms with Crippen LogP contribution >= 0.6 is 0 Å². The predicted octanol–water partition coefficient (Wildman–Crippen LogP) is 0.962. The van der Waals surface area contributed by atoms with Crippen molar-refractivity contribution < 1.29 is 14.4 Å². The minimum Gasteiger partial charge on any atom is -0.298 e. The fourth-order valence-electron chi connectivity index (χ4n) is 2.25. The molecule has 1 N–H and O–H groups in total. The van der Waals surface area contributed by atoms with E-state index in [0.29, 0.717) is 29.7 Å². The van der Waals surface area contributed by atoms with Crippen molar-refractivity contribution in [1.29, 1.82) is 0 Å². The third-order valence-electron chi connectivity index (χ3n) is 3.31. The van der Waals surface area contributed by atoms with E-state index in [1.165, 1.54) is 0 Å². The second kappa shape index (κ2) is 4.80. The first-order valence-electron chi connectivity index (χ1n) is 6.23. The number of benzene rings is 1. The van der Waals surface area contributed by atoms with Crippen LogP contribution in [-0.4, -0.2) is 28.1 Å². The van der Waals surface area contributed by atoms with Crippen molar-refractivity contribution in [2.75, 3.05) is 0 Å². The Balaban J connectivity index is 1.98. The van der Waals surface area contributed by atoms with Gasteiger partial charge in [0.05, 0.1) is 11.4 Å². The van der Waals surface area contributed by atoms with Crippen LogP contribution in [-0.2, 0) is 9.59 Å². The number of aldehydes is 1. The number of carbonyl (C=O) groups is 3. The summed E-state index contributed by atoms with van der Waals surface area (Å²) in [6.07, 6.45) is 3.06. The van der Waals surface area contributed by atoms with Crippen LogP contribution in [0.4, 0.5) is 0 Å². The van der Waals surface area contributed by atoms with Crippen LogP contribution in [0.2, 0.25) is 0 Å². The van der Waals surface area contributed by atoms with E-state index in [9.17, 15) is 14.4 Å². The smallest absolute Gasteiger partial charge is 0.237 e. The topological polar surface area (TPSA) is 89.0 Å². The number of nitrogens with one attached hydrogen (secondary N) is 1. The van der Waals surface area contributed by atoms with E-state index >= 15 is 0 Å². The van der Waals surface area contributed by atoms with Gasteiger partial charge < -0.3 is 0 Å². The van der Waals surface area contributed by atoms with Gasteiger partial charge in [-0.1, -0.05) is 0 Å². The summed E-state index contributed by atoms with van der Waals surface area (Å²) < 4.78 is 0. The molecule has 2 amide bonds. The molecule has 0 spiro atoms. The molecule has 3 rings (SSSR count). The molecule has 1 aromatic heterocycles. The molecule has 0 bridgehead atoms. The van der Waals surface area contributed by atoms with E-state index in [1.54, 1.807) is 24.4 Å². The number of imide groups is 1. The summed E-state index contributed by atoms with van der Waals surface area (Å²) in [6, 6.07) is 5.07. The second-order valence-corrected chi connectivity index (χ2v) is 4.67. The fourth-order valence-corrected chi connectivity index (χ4v) is 2.25. The standard InChI is InChI=1S/C14H11N3O3/c18-7-8-1-3-11-9(5-8)6-15-13(16-11)10-2-4-12(19)17-14(10)20/h1,3,5-7,10H,2,4H2,(H,17,19,20). The highest BCUT2D eigenvalue weighted by molar-refractivity contribution is 6.00. The maximum atomic E-state index is 11.8. The van der Waals surface area contributed by atoms with E-state index < -0.39 is 5.92 Å². The molecule has 6 nitrogen and oxygen atoms in total. The largest absolute Gasteiger partial charge is 0.298 e. The molecule has 1 unspecified atom stereocenters. The number of aromatic nitrogens is 2. The van der Waals surface area contributed by atoms with E-state index in [1.807, 2.05) is 0 Å². The van der Waals surface area contributed by atoms with Gasteiger partial charge in [0.1, 0.15) is 12.1 Å². The Kier molecular flexibility index (Phi) is 2.98. The molecule has 2 heterocycles. The Morgan fingerprint density at radius 2 is 2.15 bits per heavy atom. The first kappa shape index (κ1) is 12.4. The number of carbonyl (C=O) groups excluding carboxylic acids is 3. The van der Waals surface area contributed by atoms with Crippen LogP contribution < -0.4 is 5.32 Å². The number of hydrogen-bond acceptors (Lipinski definition) is 5. The van der Waals surface area contributed by atoms with Crippen LogP contribution in [0.25, 0.3) is 10.9 Å². The van der Waals surface area contributed by atoms with Crippen molar-refractivity contribution in [2.45, 2.75) is 18.8 Å². The lowest BCUT2D eigenvalue weighted by molar-refractivity contribution is -0.134. The molecule has 1 aliphatic rings. The summed E-state index contributed by atoms with van der Waals surface area (Å²) in [7, 11) is 0. The number of piperidine rings is 1. The maximum Gasteiger partial charge on any atom is 0.237 e. The van der Waals surface area contributed by atoms with E-state index in [4.69, 9.17) is 0 Å². The number of fused-ring (bicyclic) bond motifs is 1. The molecule has 0 aliphatic carbocycles. The lowest BCUT2D eigenvalue weighted by atomic mass is 9.97. The highest BCUT2D eigenvalue weighted by atomic mass is 16.2. The molecule has 100 valence electrons.